The van der Waals surface area contributed by atoms with Crippen molar-refractivity contribution in [2.75, 3.05) is 33.9 Å². The van der Waals surface area contributed by atoms with Gasteiger partial charge in [0.25, 0.3) is 0 Å². The third-order valence-corrected chi connectivity index (χ3v) is 9.14. The summed E-state index contributed by atoms with van der Waals surface area (Å²) in [6.45, 7) is 2.10. The minimum Gasteiger partial charge on any atom is -0.480 e. The van der Waals surface area contributed by atoms with E-state index in [1.54, 1.807) is 19.5 Å². The van der Waals surface area contributed by atoms with Crippen LogP contribution in [0.3, 0.4) is 0 Å². The number of nitrogens with one attached hydrogen (secondary N) is 2. The number of likely N-dealkylation sites (tertiary alicyclic amines) is 1. The Balaban J connectivity index is 1.24. The van der Waals surface area contributed by atoms with E-state index >= 15 is 0 Å². The molecule has 1 amide bonds. The summed E-state index contributed by atoms with van der Waals surface area (Å²) in [5.41, 5.74) is 4.98. The van der Waals surface area contributed by atoms with Gasteiger partial charge < -0.3 is 30.3 Å². The van der Waals surface area contributed by atoms with E-state index in [0.29, 0.717) is 106 Å². The zero-order valence-electron chi connectivity index (χ0n) is 25.9. The lowest BCUT2D eigenvalue weighted by atomic mass is 9.98. The highest BCUT2D eigenvalue weighted by molar-refractivity contribution is 6.39. The van der Waals surface area contributed by atoms with Crippen molar-refractivity contribution in [2.24, 2.45) is 0 Å². The molecule has 2 saturated heterocycles. The Bertz CT molecular complexity index is 1770. The molecule has 47 heavy (non-hydrogen) atoms. The Morgan fingerprint density at radius 2 is 1.40 bits per heavy atom. The summed E-state index contributed by atoms with van der Waals surface area (Å²) in [7, 11) is 3.07. The summed E-state index contributed by atoms with van der Waals surface area (Å²) in [5, 5.41) is 27.0. The van der Waals surface area contributed by atoms with Gasteiger partial charge in [0.05, 0.1) is 60.3 Å². The van der Waals surface area contributed by atoms with Gasteiger partial charge in [0.2, 0.25) is 17.7 Å². The number of nitrogens with zero attached hydrogens (tertiary/aromatic N) is 5. The van der Waals surface area contributed by atoms with Crippen molar-refractivity contribution in [3.63, 3.8) is 0 Å². The number of aliphatic hydroxyl groups excluding tert-OH is 2. The van der Waals surface area contributed by atoms with Crippen LogP contribution in [0, 0.1) is 0 Å². The van der Waals surface area contributed by atoms with Crippen LogP contribution in [0.2, 0.25) is 10.0 Å². The third kappa shape index (κ3) is 7.18. The van der Waals surface area contributed by atoms with Gasteiger partial charge in [0.1, 0.15) is 11.4 Å². The number of hydrogen-bond donors (Lipinski definition) is 4. The molecule has 4 N–H and O–H groups in total. The van der Waals surface area contributed by atoms with E-state index < -0.39 is 12.2 Å². The average molecular weight is 681 g/mol. The second-order valence-electron chi connectivity index (χ2n) is 11.5. The van der Waals surface area contributed by atoms with Gasteiger partial charge in [-0.05, 0) is 6.42 Å². The van der Waals surface area contributed by atoms with Crippen molar-refractivity contribution in [3.8, 4) is 45.4 Å². The van der Waals surface area contributed by atoms with Crippen molar-refractivity contribution in [1.29, 1.82) is 0 Å². The van der Waals surface area contributed by atoms with Gasteiger partial charge in [0.15, 0.2) is 0 Å². The maximum Gasteiger partial charge on any atom is 0.237 e. The van der Waals surface area contributed by atoms with E-state index in [1.807, 2.05) is 41.3 Å². The molecule has 2 fully saturated rings. The molecule has 0 spiro atoms. The maximum absolute atomic E-state index is 11.5. The van der Waals surface area contributed by atoms with E-state index in [4.69, 9.17) is 37.7 Å². The first-order valence-electron chi connectivity index (χ1n) is 15.2. The number of aliphatic hydroxyl groups is 2. The summed E-state index contributed by atoms with van der Waals surface area (Å²) in [4.78, 5) is 32.0. The van der Waals surface area contributed by atoms with E-state index in [9.17, 15) is 15.0 Å². The molecule has 2 aliphatic rings. The maximum atomic E-state index is 11.5. The molecule has 2 aromatic heterocycles. The smallest absolute Gasteiger partial charge is 0.237 e. The molecule has 0 bridgehead atoms. The fourth-order valence-electron chi connectivity index (χ4n) is 5.87. The Labute approximate surface area is 282 Å². The van der Waals surface area contributed by atoms with Crippen LogP contribution >= 0.6 is 23.2 Å². The van der Waals surface area contributed by atoms with Gasteiger partial charge in [-0.15, -0.1) is 0 Å². The lowest BCUT2D eigenvalue weighted by Gasteiger charge is -2.17. The van der Waals surface area contributed by atoms with Gasteiger partial charge in [-0.25, -0.2) is 9.97 Å². The predicted octanol–water partition coefficient (Wildman–Crippen LogP) is 3.50. The van der Waals surface area contributed by atoms with Crippen LogP contribution < -0.4 is 20.1 Å². The standard InChI is InChI=1S/C33H35Cl2N7O5/c1-46-32-25(12-36-11-18-9-10-29(45)39-18)37-13-23(40-32)21-7-3-5-19(30(21)34)20-6-4-8-22(31(20)35)24-14-38-26(33(41-24)47-2)15-42-16-27(43)28(44)17-42/h3-8,13-14,18,27-28,36,43-44H,9-12,15-17H2,1-2H3,(H,39,45)/t18-,27-,28+/m0/s1. The fraction of sp³-hybridized carbons (Fsp3) is 0.364. The van der Waals surface area contributed by atoms with Crippen molar-refractivity contribution < 1.29 is 24.5 Å². The molecule has 0 radical (unpaired) electrons. The molecule has 0 unspecified atom stereocenters. The number of β-amino-alcohol motifs (C(OH)–C–C–N with tert-alkyl or cyclic N) is 2. The van der Waals surface area contributed by atoms with Gasteiger partial charge >= 0.3 is 0 Å². The molecular weight excluding hydrogens is 645 g/mol. The largest absolute Gasteiger partial charge is 0.480 e. The molecule has 3 atom stereocenters. The van der Waals surface area contributed by atoms with E-state index in [1.165, 1.54) is 7.11 Å². The highest BCUT2D eigenvalue weighted by atomic mass is 35.5. The molecule has 4 heterocycles. The van der Waals surface area contributed by atoms with Crippen LogP contribution in [-0.2, 0) is 17.9 Å². The Morgan fingerprint density at radius 3 is 1.94 bits per heavy atom. The minimum absolute atomic E-state index is 0.0761. The number of amides is 1. The fourth-order valence-corrected chi connectivity index (χ4v) is 6.52. The summed E-state index contributed by atoms with van der Waals surface area (Å²) in [5.74, 6) is 0.781. The number of aromatic nitrogens is 4. The number of hydrogen-bond acceptors (Lipinski definition) is 11. The zero-order chi connectivity index (χ0) is 33.1. The Hall–Kier alpha value is -3.91. The van der Waals surface area contributed by atoms with Crippen LogP contribution in [0.15, 0.2) is 48.8 Å². The second-order valence-corrected chi connectivity index (χ2v) is 12.3. The van der Waals surface area contributed by atoms with Gasteiger partial charge in [-0.3, -0.25) is 19.7 Å². The van der Waals surface area contributed by atoms with Gasteiger partial charge in [-0.2, -0.15) is 0 Å². The van der Waals surface area contributed by atoms with E-state index in [-0.39, 0.29) is 11.9 Å². The van der Waals surface area contributed by atoms with Crippen LogP contribution in [0.5, 0.6) is 11.8 Å². The summed E-state index contributed by atoms with van der Waals surface area (Å²) >= 11 is 14.0. The topological polar surface area (TPSA) is 155 Å². The first kappa shape index (κ1) is 33.0. The molecule has 14 heteroatoms. The molecule has 12 nitrogen and oxygen atoms in total. The van der Waals surface area contributed by atoms with Crippen LogP contribution in [0.25, 0.3) is 33.6 Å². The SMILES string of the molecule is COc1nc(-c2cccc(-c3cccc(-c4cnc(CN5C[C@@H](O)[C@@H](O)C5)c(OC)n4)c3Cl)c2Cl)cnc1CNC[C@@H]1CCC(=O)N1. The summed E-state index contributed by atoms with van der Waals surface area (Å²) in [6.07, 6.45) is 3.05. The molecule has 0 aliphatic carbocycles. The van der Waals surface area contributed by atoms with Gasteiger partial charge in [0, 0.05) is 67.4 Å². The van der Waals surface area contributed by atoms with Crippen molar-refractivity contribution in [2.45, 2.75) is 44.2 Å². The zero-order valence-corrected chi connectivity index (χ0v) is 27.4. The number of rotatable bonds is 11. The molecule has 2 aromatic carbocycles. The molecule has 6 rings (SSSR count). The van der Waals surface area contributed by atoms with Crippen molar-refractivity contribution in [1.82, 2.24) is 35.5 Å². The van der Waals surface area contributed by atoms with Crippen LogP contribution in [0.4, 0.5) is 0 Å². The monoisotopic (exact) mass is 679 g/mol. The highest BCUT2D eigenvalue weighted by Crippen LogP contribution is 2.42. The normalized spacial score (nSPS) is 19.6. The quantitative estimate of drug-likeness (QED) is 0.184. The molecular formula is C33H35Cl2N7O5. The molecule has 246 valence electrons. The minimum atomic E-state index is -0.797. The third-order valence-electron chi connectivity index (χ3n) is 8.33. The first-order chi connectivity index (χ1) is 22.7. The lowest BCUT2D eigenvalue weighted by molar-refractivity contribution is -0.119. The number of halogens is 2. The Kier molecular flexibility index (Phi) is 10.2. The van der Waals surface area contributed by atoms with E-state index in [0.717, 1.165) is 6.42 Å². The second kappa shape index (κ2) is 14.5. The molecule has 0 saturated carbocycles. The molecule has 4 aromatic rings. The number of benzene rings is 2. The van der Waals surface area contributed by atoms with Crippen molar-refractivity contribution >= 4 is 29.1 Å². The summed E-state index contributed by atoms with van der Waals surface area (Å²) < 4.78 is 11.1. The lowest BCUT2D eigenvalue weighted by Crippen LogP contribution is -2.35. The summed E-state index contributed by atoms with van der Waals surface area (Å²) in [6, 6.07) is 11.3. The van der Waals surface area contributed by atoms with Crippen LogP contribution in [-0.4, -0.2) is 93.1 Å². The number of carbonyl (C=O) groups excluding carboxylic acids is 1. The van der Waals surface area contributed by atoms with E-state index in [2.05, 4.69) is 25.6 Å². The number of carbonyl (C=O) groups is 1. The van der Waals surface area contributed by atoms with Crippen molar-refractivity contribution in [3.05, 3.63) is 70.2 Å². The number of ether oxygens (including phenoxy) is 2. The Morgan fingerprint density at radius 1 is 0.872 bits per heavy atom. The predicted molar refractivity (Wildman–Crippen MR) is 177 cm³/mol. The molecule has 2 aliphatic heterocycles. The first-order valence-corrected chi connectivity index (χ1v) is 16.0. The van der Waals surface area contributed by atoms with Crippen LogP contribution in [0.1, 0.15) is 24.2 Å². The average Bonchev–Trinajstić information content (AvgIpc) is 3.64. The highest BCUT2D eigenvalue weighted by Gasteiger charge is 2.30. The van der Waals surface area contributed by atoms with Gasteiger partial charge in [-0.1, -0.05) is 59.6 Å². The number of methoxy groups -OCH3 is 2.